The highest BCUT2D eigenvalue weighted by Gasteiger charge is 2.06. The van der Waals surface area contributed by atoms with Gasteiger partial charge >= 0.3 is 0 Å². The van der Waals surface area contributed by atoms with Crippen molar-refractivity contribution in [3.8, 4) is 11.1 Å². The van der Waals surface area contributed by atoms with Crippen LogP contribution in [0.25, 0.3) is 11.1 Å². The Morgan fingerprint density at radius 2 is 1.80 bits per heavy atom. The molecule has 3 heteroatoms. The zero-order valence-corrected chi connectivity index (χ0v) is 8.86. The first-order chi connectivity index (χ1) is 7.18. The monoisotopic (exact) mass is 199 g/mol. The highest BCUT2D eigenvalue weighted by atomic mass is 14.9. The lowest BCUT2D eigenvalue weighted by atomic mass is 10.0. The summed E-state index contributed by atoms with van der Waals surface area (Å²) >= 11 is 0. The summed E-state index contributed by atoms with van der Waals surface area (Å²) in [5.41, 5.74) is 9.04. The Morgan fingerprint density at radius 3 is 2.47 bits per heavy atom. The Morgan fingerprint density at radius 1 is 1.07 bits per heavy atom. The summed E-state index contributed by atoms with van der Waals surface area (Å²) in [7, 11) is 0. The van der Waals surface area contributed by atoms with Crippen LogP contribution in [0.15, 0.2) is 30.5 Å². The van der Waals surface area contributed by atoms with E-state index in [4.69, 9.17) is 5.73 Å². The van der Waals surface area contributed by atoms with Crippen molar-refractivity contribution in [2.45, 2.75) is 13.8 Å². The largest absolute Gasteiger partial charge is 0.383 e. The van der Waals surface area contributed by atoms with Crippen LogP contribution < -0.4 is 5.73 Å². The molecular formula is C12H13N3. The Bertz CT molecular complexity index is 492. The molecule has 1 aromatic carbocycles. The second-order valence-corrected chi connectivity index (χ2v) is 3.53. The summed E-state index contributed by atoms with van der Waals surface area (Å²) in [6.45, 7) is 3.88. The molecule has 2 rings (SSSR count). The molecule has 0 aliphatic carbocycles. The molecule has 0 fully saturated rings. The second-order valence-electron chi connectivity index (χ2n) is 3.53. The number of aromatic nitrogens is 2. The van der Waals surface area contributed by atoms with Crippen LogP contribution in [-0.4, -0.2) is 9.97 Å². The number of hydrogen-bond donors (Lipinski definition) is 1. The van der Waals surface area contributed by atoms with E-state index in [9.17, 15) is 0 Å². The molecule has 2 aromatic rings. The Kier molecular flexibility index (Phi) is 2.37. The summed E-state index contributed by atoms with van der Waals surface area (Å²) in [4.78, 5) is 8.32. The molecule has 0 radical (unpaired) electrons. The molecule has 0 atom stereocenters. The van der Waals surface area contributed by atoms with Gasteiger partial charge in [0.1, 0.15) is 11.6 Å². The quantitative estimate of drug-likeness (QED) is 0.767. The first-order valence-corrected chi connectivity index (χ1v) is 4.83. The van der Waals surface area contributed by atoms with E-state index < -0.39 is 0 Å². The normalized spacial score (nSPS) is 10.3. The fourth-order valence-corrected chi connectivity index (χ4v) is 1.57. The third kappa shape index (κ3) is 1.81. The van der Waals surface area contributed by atoms with Gasteiger partial charge in [-0.25, -0.2) is 9.97 Å². The van der Waals surface area contributed by atoms with Gasteiger partial charge in [-0.15, -0.1) is 0 Å². The molecule has 0 aliphatic rings. The molecule has 1 heterocycles. The van der Waals surface area contributed by atoms with Crippen molar-refractivity contribution in [2.75, 3.05) is 5.73 Å². The van der Waals surface area contributed by atoms with E-state index in [1.54, 1.807) is 6.20 Å². The third-order valence-corrected chi connectivity index (χ3v) is 2.37. The Balaban J connectivity index is 2.60. The summed E-state index contributed by atoms with van der Waals surface area (Å²) in [6, 6.07) is 8.07. The van der Waals surface area contributed by atoms with Crippen molar-refractivity contribution in [3.05, 3.63) is 41.9 Å². The topological polar surface area (TPSA) is 51.8 Å². The standard InChI is InChI=1S/C12H13N3/c1-8-5-3-4-6-10(8)11-7-14-9(2)15-12(11)13/h3-7H,1-2H3,(H2,13,14,15). The maximum atomic E-state index is 5.87. The summed E-state index contributed by atoms with van der Waals surface area (Å²) in [5, 5.41) is 0. The summed E-state index contributed by atoms with van der Waals surface area (Å²) < 4.78 is 0. The lowest BCUT2D eigenvalue weighted by Gasteiger charge is -2.07. The number of benzene rings is 1. The van der Waals surface area contributed by atoms with Gasteiger partial charge in [-0.3, -0.25) is 0 Å². The first-order valence-electron chi connectivity index (χ1n) is 4.83. The number of aryl methyl sites for hydroxylation is 2. The van der Waals surface area contributed by atoms with Crippen molar-refractivity contribution in [1.29, 1.82) is 0 Å². The number of rotatable bonds is 1. The highest BCUT2D eigenvalue weighted by Crippen LogP contribution is 2.26. The van der Waals surface area contributed by atoms with Crippen molar-refractivity contribution in [1.82, 2.24) is 9.97 Å². The number of anilines is 1. The molecule has 0 saturated heterocycles. The zero-order chi connectivity index (χ0) is 10.8. The molecule has 15 heavy (non-hydrogen) atoms. The minimum absolute atomic E-state index is 0.539. The maximum Gasteiger partial charge on any atom is 0.135 e. The lowest BCUT2D eigenvalue weighted by Crippen LogP contribution is -1.98. The van der Waals surface area contributed by atoms with Crippen molar-refractivity contribution >= 4 is 5.82 Å². The lowest BCUT2D eigenvalue weighted by molar-refractivity contribution is 1.06. The fourth-order valence-electron chi connectivity index (χ4n) is 1.57. The van der Waals surface area contributed by atoms with E-state index >= 15 is 0 Å². The molecule has 0 bridgehead atoms. The number of nitrogens with zero attached hydrogens (tertiary/aromatic N) is 2. The highest BCUT2D eigenvalue weighted by molar-refractivity contribution is 5.75. The van der Waals surface area contributed by atoms with E-state index in [0.717, 1.165) is 11.1 Å². The predicted molar refractivity (Wildman–Crippen MR) is 61.4 cm³/mol. The van der Waals surface area contributed by atoms with Gasteiger partial charge in [0, 0.05) is 11.8 Å². The molecule has 0 unspecified atom stereocenters. The Hall–Kier alpha value is -1.90. The van der Waals surface area contributed by atoms with E-state index in [-0.39, 0.29) is 0 Å². The number of nitrogens with two attached hydrogens (primary N) is 1. The average molecular weight is 199 g/mol. The summed E-state index contributed by atoms with van der Waals surface area (Å²) in [6.07, 6.45) is 1.78. The molecular weight excluding hydrogens is 186 g/mol. The molecule has 2 N–H and O–H groups in total. The average Bonchev–Trinajstić information content (AvgIpc) is 2.20. The van der Waals surface area contributed by atoms with Crippen molar-refractivity contribution < 1.29 is 0 Å². The number of nitrogen functional groups attached to an aromatic ring is 1. The van der Waals surface area contributed by atoms with Crippen LogP contribution in [0.3, 0.4) is 0 Å². The predicted octanol–water partition coefficient (Wildman–Crippen LogP) is 2.34. The van der Waals surface area contributed by atoms with Crippen molar-refractivity contribution in [3.63, 3.8) is 0 Å². The van der Waals surface area contributed by atoms with Gasteiger partial charge in [0.25, 0.3) is 0 Å². The Labute approximate surface area is 89.0 Å². The van der Waals surface area contributed by atoms with E-state index in [1.165, 1.54) is 5.56 Å². The van der Waals surface area contributed by atoms with Crippen LogP contribution in [0.1, 0.15) is 11.4 Å². The minimum Gasteiger partial charge on any atom is -0.383 e. The van der Waals surface area contributed by atoms with Gasteiger partial charge in [0.2, 0.25) is 0 Å². The van der Waals surface area contributed by atoms with Crippen LogP contribution in [0.5, 0.6) is 0 Å². The van der Waals surface area contributed by atoms with Crippen LogP contribution in [0.4, 0.5) is 5.82 Å². The van der Waals surface area contributed by atoms with Crippen LogP contribution in [0.2, 0.25) is 0 Å². The maximum absolute atomic E-state index is 5.87. The van der Waals surface area contributed by atoms with E-state index in [1.807, 2.05) is 25.1 Å². The van der Waals surface area contributed by atoms with Crippen LogP contribution >= 0.6 is 0 Å². The van der Waals surface area contributed by atoms with E-state index in [2.05, 4.69) is 23.0 Å². The van der Waals surface area contributed by atoms with Gasteiger partial charge in [-0.2, -0.15) is 0 Å². The van der Waals surface area contributed by atoms with Gasteiger partial charge < -0.3 is 5.73 Å². The van der Waals surface area contributed by atoms with Gasteiger partial charge in [-0.1, -0.05) is 24.3 Å². The summed E-state index contributed by atoms with van der Waals surface area (Å²) in [5.74, 6) is 1.24. The van der Waals surface area contributed by atoms with Gasteiger partial charge in [0.05, 0.1) is 0 Å². The molecule has 0 aliphatic heterocycles. The smallest absolute Gasteiger partial charge is 0.135 e. The van der Waals surface area contributed by atoms with Crippen molar-refractivity contribution in [2.24, 2.45) is 0 Å². The SMILES string of the molecule is Cc1ncc(-c2ccccc2C)c(N)n1. The molecule has 1 aromatic heterocycles. The first kappa shape index (κ1) is 9.65. The molecule has 0 saturated carbocycles. The molecule has 0 amide bonds. The second kappa shape index (κ2) is 3.69. The fraction of sp³-hybridized carbons (Fsp3) is 0.167. The molecule has 0 spiro atoms. The zero-order valence-electron chi connectivity index (χ0n) is 8.86. The molecule has 3 nitrogen and oxygen atoms in total. The van der Waals surface area contributed by atoms with Gasteiger partial charge in [-0.05, 0) is 25.0 Å². The van der Waals surface area contributed by atoms with Crippen LogP contribution in [-0.2, 0) is 0 Å². The third-order valence-electron chi connectivity index (χ3n) is 2.37. The molecule has 76 valence electrons. The number of hydrogen-bond acceptors (Lipinski definition) is 3. The van der Waals surface area contributed by atoms with Crippen LogP contribution in [0, 0.1) is 13.8 Å². The minimum atomic E-state index is 0.539. The van der Waals surface area contributed by atoms with Gasteiger partial charge in [0.15, 0.2) is 0 Å². The van der Waals surface area contributed by atoms with E-state index in [0.29, 0.717) is 11.6 Å².